The van der Waals surface area contributed by atoms with Gasteiger partial charge in [0.1, 0.15) is 11.8 Å². The van der Waals surface area contributed by atoms with Crippen LogP contribution in [0.15, 0.2) is 41.8 Å². The molecule has 0 aliphatic heterocycles. The molecule has 0 bridgehead atoms. The van der Waals surface area contributed by atoms with Gasteiger partial charge in [0, 0.05) is 16.5 Å². The molecule has 26 heavy (non-hydrogen) atoms. The monoisotopic (exact) mass is 372 g/mol. The van der Waals surface area contributed by atoms with Crippen LogP contribution in [0.1, 0.15) is 53.4 Å². The molecule has 138 valence electrons. The van der Waals surface area contributed by atoms with Crippen LogP contribution in [-0.2, 0) is 4.79 Å². The molecule has 2 N–H and O–H groups in total. The normalized spacial score (nSPS) is 15.9. The Kier molecular flexibility index (Phi) is 6.28. The summed E-state index contributed by atoms with van der Waals surface area (Å²) in [7, 11) is 1.56. The number of carbonyl (C=O) groups excluding carboxylic acids is 2. The van der Waals surface area contributed by atoms with Crippen molar-refractivity contribution in [3.05, 3.63) is 52.2 Å². The van der Waals surface area contributed by atoms with Gasteiger partial charge >= 0.3 is 0 Å². The number of hydrogen-bond acceptors (Lipinski definition) is 4. The number of carbonyl (C=O) groups is 2. The summed E-state index contributed by atoms with van der Waals surface area (Å²) in [6.07, 6.45) is 5.53. The quantitative estimate of drug-likeness (QED) is 0.813. The van der Waals surface area contributed by atoms with Crippen LogP contribution in [-0.4, -0.2) is 25.0 Å². The maximum atomic E-state index is 12.9. The zero-order chi connectivity index (χ0) is 18.4. The second-order valence-electron chi connectivity index (χ2n) is 6.50. The number of hydrogen-bond donors (Lipinski definition) is 2. The number of ether oxygens (including phenoxy) is 1. The molecule has 1 aromatic carbocycles. The molecule has 1 heterocycles. The van der Waals surface area contributed by atoms with Crippen molar-refractivity contribution < 1.29 is 14.3 Å². The number of rotatable bonds is 6. The van der Waals surface area contributed by atoms with Crippen molar-refractivity contribution in [1.82, 2.24) is 10.6 Å². The van der Waals surface area contributed by atoms with Gasteiger partial charge in [-0.1, -0.05) is 31.4 Å². The third kappa shape index (κ3) is 4.64. The molecule has 3 rings (SSSR count). The number of nitrogens with one attached hydrogen (secondary N) is 2. The van der Waals surface area contributed by atoms with Crippen LogP contribution in [0, 0.1) is 0 Å². The Morgan fingerprint density at radius 2 is 1.96 bits per heavy atom. The molecule has 5 nitrogen and oxygen atoms in total. The molecule has 1 unspecified atom stereocenters. The SMILES string of the molecule is COc1cccc(C(=O)NC(C(=O)NC2CCCCC2)c2cccs2)c1. The van der Waals surface area contributed by atoms with Crippen molar-refractivity contribution in [1.29, 1.82) is 0 Å². The summed E-state index contributed by atoms with van der Waals surface area (Å²) in [6.45, 7) is 0. The van der Waals surface area contributed by atoms with Gasteiger partial charge in [0.25, 0.3) is 5.91 Å². The predicted octanol–water partition coefficient (Wildman–Crippen LogP) is 3.68. The van der Waals surface area contributed by atoms with Gasteiger partial charge in [-0.2, -0.15) is 0 Å². The third-order valence-electron chi connectivity index (χ3n) is 4.65. The minimum atomic E-state index is -0.685. The first kappa shape index (κ1) is 18.5. The molecule has 1 aliphatic carbocycles. The predicted molar refractivity (Wildman–Crippen MR) is 103 cm³/mol. The van der Waals surface area contributed by atoms with Crippen LogP contribution in [0.5, 0.6) is 5.75 Å². The van der Waals surface area contributed by atoms with Gasteiger partial charge in [0.15, 0.2) is 0 Å². The topological polar surface area (TPSA) is 67.4 Å². The molecule has 0 saturated heterocycles. The Morgan fingerprint density at radius 3 is 2.65 bits per heavy atom. The van der Waals surface area contributed by atoms with Crippen molar-refractivity contribution in [2.45, 2.75) is 44.2 Å². The Balaban J connectivity index is 1.73. The fourth-order valence-corrected chi connectivity index (χ4v) is 4.01. The summed E-state index contributed by atoms with van der Waals surface area (Å²) in [5.41, 5.74) is 0.469. The highest BCUT2D eigenvalue weighted by Gasteiger charge is 2.27. The van der Waals surface area contributed by atoms with Crippen LogP contribution >= 0.6 is 11.3 Å². The molecule has 2 amide bonds. The summed E-state index contributed by atoms with van der Waals surface area (Å²) in [4.78, 5) is 26.4. The average molecular weight is 372 g/mol. The number of amides is 2. The Morgan fingerprint density at radius 1 is 1.15 bits per heavy atom. The van der Waals surface area contributed by atoms with Crippen molar-refractivity contribution in [3.63, 3.8) is 0 Å². The van der Waals surface area contributed by atoms with E-state index in [0.29, 0.717) is 11.3 Å². The number of methoxy groups -OCH3 is 1. The first-order valence-corrected chi connectivity index (χ1v) is 9.84. The van der Waals surface area contributed by atoms with Crippen molar-refractivity contribution in [2.75, 3.05) is 7.11 Å². The zero-order valence-electron chi connectivity index (χ0n) is 14.9. The first-order chi connectivity index (χ1) is 12.7. The largest absolute Gasteiger partial charge is 0.497 e. The summed E-state index contributed by atoms with van der Waals surface area (Å²) in [5.74, 6) is 0.175. The van der Waals surface area contributed by atoms with Crippen LogP contribution < -0.4 is 15.4 Å². The second-order valence-corrected chi connectivity index (χ2v) is 7.48. The molecular weight excluding hydrogens is 348 g/mol. The van der Waals surface area contributed by atoms with E-state index in [4.69, 9.17) is 4.74 Å². The standard InChI is InChI=1S/C20H24N2O3S/c1-25-16-10-5-7-14(13-16)19(23)22-18(17-11-6-12-26-17)20(24)21-15-8-3-2-4-9-15/h5-7,10-13,15,18H,2-4,8-9H2,1H3,(H,21,24)(H,22,23). The Labute approximate surface area is 157 Å². The second kappa shape index (κ2) is 8.85. The maximum absolute atomic E-state index is 12.9. The summed E-state index contributed by atoms with van der Waals surface area (Å²) >= 11 is 1.47. The van der Waals surface area contributed by atoms with Gasteiger partial charge in [0.05, 0.1) is 7.11 Å². The molecule has 1 aromatic heterocycles. The molecule has 6 heteroatoms. The van der Waals surface area contributed by atoms with Crippen molar-refractivity contribution in [3.8, 4) is 5.75 Å². The highest BCUT2D eigenvalue weighted by Crippen LogP contribution is 2.23. The molecular formula is C20H24N2O3S. The highest BCUT2D eigenvalue weighted by molar-refractivity contribution is 7.10. The zero-order valence-corrected chi connectivity index (χ0v) is 15.7. The van der Waals surface area contributed by atoms with Gasteiger partial charge in [-0.25, -0.2) is 0 Å². The lowest BCUT2D eigenvalue weighted by Gasteiger charge is -2.25. The van der Waals surface area contributed by atoms with Gasteiger partial charge in [0.2, 0.25) is 5.91 Å². The van der Waals surface area contributed by atoms with E-state index in [1.54, 1.807) is 31.4 Å². The third-order valence-corrected chi connectivity index (χ3v) is 5.59. The molecule has 1 atom stereocenters. The number of benzene rings is 1. The van der Waals surface area contributed by atoms with Crippen molar-refractivity contribution >= 4 is 23.2 Å². The van der Waals surface area contributed by atoms with E-state index in [2.05, 4.69) is 10.6 Å². The van der Waals surface area contributed by atoms with Crippen LogP contribution in [0.25, 0.3) is 0 Å². The van der Waals surface area contributed by atoms with E-state index in [1.165, 1.54) is 17.8 Å². The van der Waals surface area contributed by atoms with Crippen LogP contribution in [0.2, 0.25) is 0 Å². The van der Waals surface area contributed by atoms with Gasteiger partial charge in [-0.05, 0) is 42.5 Å². The maximum Gasteiger partial charge on any atom is 0.252 e. The summed E-state index contributed by atoms with van der Waals surface area (Å²) in [5, 5.41) is 7.91. The Bertz CT molecular complexity index is 739. The molecule has 1 fully saturated rings. The summed E-state index contributed by atoms with van der Waals surface area (Å²) < 4.78 is 5.17. The van der Waals surface area contributed by atoms with Gasteiger partial charge in [-0.3, -0.25) is 9.59 Å². The Hall–Kier alpha value is -2.34. The number of thiophene rings is 1. The average Bonchev–Trinajstić information content (AvgIpc) is 3.21. The van der Waals surface area contributed by atoms with Gasteiger partial charge < -0.3 is 15.4 Å². The smallest absolute Gasteiger partial charge is 0.252 e. The molecule has 1 aliphatic rings. The molecule has 0 spiro atoms. The fraction of sp³-hybridized carbons (Fsp3) is 0.400. The van der Waals surface area contributed by atoms with E-state index in [-0.39, 0.29) is 17.9 Å². The van der Waals surface area contributed by atoms with E-state index < -0.39 is 6.04 Å². The summed E-state index contributed by atoms with van der Waals surface area (Å²) in [6, 6.07) is 10.2. The van der Waals surface area contributed by atoms with Crippen LogP contribution in [0.4, 0.5) is 0 Å². The molecule has 2 aromatic rings. The molecule has 1 saturated carbocycles. The minimum Gasteiger partial charge on any atom is -0.497 e. The lowest BCUT2D eigenvalue weighted by atomic mass is 9.95. The first-order valence-electron chi connectivity index (χ1n) is 8.96. The van der Waals surface area contributed by atoms with E-state index in [0.717, 1.165) is 30.6 Å². The molecule has 0 radical (unpaired) electrons. The van der Waals surface area contributed by atoms with E-state index in [1.807, 2.05) is 17.5 Å². The van der Waals surface area contributed by atoms with E-state index >= 15 is 0 Å². The van der Waals surface area contributed by atoms with Crippen molar-refractivity contribution in [2.24, 2.45) is 0 Å². The van der Waals surface area contributed by atoms with Gasteiger partial charge in [-0.15, -0.1) is 11.3 Å². The lowest BCUT2D eigenvalue weighted by Crippen LogP contribution is -2.44. The highest BCUT2D eigenvalue weighted by atomic mass is 32.1. The van der Waals surface area contributed by atoms with E-state index in [9.17, 15) is 9.59 Å². The lowest BCUT2D eigenvalue weighted by molar-refractivity contribution is -0.124. The van der Waals surface area contributed by atoms with Crippen LogP contribution in [0.3, 0.4) is 0 Å². The fourth-order valence-electron chi connectivity index (χ4n) is 3.23. The minimum absolute atomic E-state index is 0.143.